The van der Waals surface area contributed by atoms with Crippen molar-refractivity contribution in [1.29, 1.82) is 0 Å². The molecule has 0 saturated heterocycles. The van der Waals surface area contributed by atoms with Crippen LogP contribution < -0.4 is 5.32 Å². The number of oxazole rings is 1. The largest absolute Gasteiger partial charge is 0.440 e. The van der Waals surface area contributed by atoms with Crippen LogP contribution >= 0.6 is 11.3 Å². The molecular weight excluding hydrogens is 398 g/mol. The molecular formula is C22H17N5O2S. The predicted octanol–water partition coefficient (Wildman–Crippen LogP) is 4.63. The van der Waals surface area contributed by atoms with Crippen molar-refractivity contribution in [3.05, 3.63) is 77.9 Å². The number of anilines is 1. The van der Waals surface area contributed by atoms with E-state index in [2.05, 4.69) is 20.3 Å². The molecule has 0 unspecified atom stereocenters. The number of imidazole rings is 1. The zero-order valence-electron chi connectivity index (χ0n) is 16.1. The van der Waals surface area contributed by atoms with Gasteiger partial charge >= 0.3 is 0 Å². The lowest BCUT2D eigenvalue weighted by Crippen LogP contribution is -2.15. The van der Waals surface area contributed by atoms with Gasteiger partial charge < -0.3 is 9.73 Å². The number of aryl methyl sites for hydroxylation is 1. The molecule has 4 aromatic heterocycles. The molecule has 5 rings (SSSR count). The number of pyridine rings is 1. The number of nitrogens with zero attached hydrogens (tertiary/aromatic N) is 4. The number of nitrogens with one attached hydrogen (secondary N) is 1. The number of rotatable bonds is 5. The molecule has 0 spiro atoms. The fourth-order valence-electron chi connectivity index (χ4n) is 3.20. The Morgan fingerprint density at radius 1 is 1.13 bits per heavy atom. The van der Waals surface area contributed by atoms with Gasteiger partial charge in [0.25, 0.3) is 0 Å². The molecule has 0 aliphatic rings. The Kier molecular flexibility index (Phi) is 4.61. The van der Waals surface area contributed by atoms with Gasteiger partial charge in [-0.3, -0.25) is 9.36 Å². The average Bonchev–Trinajstić information content (AvgIpc) is 3.49. The van der Waals surface area contributed by atoms with Gasteiger partial charge in [-0.15, -0.1) is 11.3 Å². The Morgan fingerprint density at radius 3 is 2.83 bits per heavy atom. The van der Waals surface area contributed by atoms with Gasteiger partial charge in [0.1, 0.15) is 17.9 Å². The summed E-state index contributed by atoms with van der Waals surface area (Å²) in [7, 11) is 0. The zero-order chi connectivity index (χ0) is 20.5. The Bertz CT molecular complexity index is 1320. The highest BCUT2D eigenvalue weighted by Gasteiger charge is 2.15. The second kappa shape index (κ2) is 7.57. The average molecular weight is 415 g/mol. The molecule has 148 valence electrons. The van der Waals surface area contributed by atoms with Crippen LogP contribution in [-0.2, 0) is 11.2 Å². The molecule has 1 N–H and O–H groups in total. The minimum absolute atomic E-state index is 0.134. The summed E-state index contributed by atoms with van der Waals surface area (Å²) in [5.74, 6) is 1.75. The first-order valence-electron chi connectivity index (χ1n) is 9.36. The van der Waals surface area contributed by atoms with E-state index < -0.39 is 0 Å². The maximum absolute atomic E-state index is 12.5. The van der Waals surface area contributed by atoms with E-state index in [-0.39, 0.29) is 12.3 Å². The summed E-state index contributed by atoms with van der Waals surface area (Å²) in [5, 5.41) is 4.83. The maximum atomic E-state index is 12.5. The fourth-order valence-corrected chi connectivity index (χ4v) is 3.85. The van der Waals surface area contributed by atoms with E-state index >= 15 is 0 Å². The van der Waals surface area contributed by atoms with E-state index in [1.54, 1.807) is 23.9 Å². The van der Waals surface area contributed by atoms with Crippen molar-refractivity contribution in [2.45, 2.75) is 13.3 Å². The van der Waals surface area contributed by atoms with Crippen LogP contribution in [0.4, 0.5) is 5.69 Å². The topological polar surface area (TPSA) is 85.8 Å². The summed E-state index contributed by atoms with van der Waals surface area (Å²) in [6.07, 6.45) is 3.51. The normalized spacial score (nSPS) is 11.1. The Hall–Kier alpha value is -3.78. The van der Waals surface area contributed by atoms with Crippen LogP contribution in [0, 0.1) is 6.92 Å². The van der Waals surface area contributed by atoms with Gasteiger partial charge in [-0.2, -0.15) is 0 Å². The summed E-state index contributed by atoms with van der Waals surface area (Å²) in [4.78, 5) is 26.7. The summed E-state index contributed by atoms with van der Waals surface area (Å²) >= 11 is 1.55. The number of carbonyl (C=O) groups excluding carboxylic acids is 1. The third kappa shape index (κ3) is 3.48. The number of hydrogen-bond acceptors (Lipinski definition) is 6. The van der Waals surface area contributed by atoms with Gasteiger partial charge in [-0.1, -0.05) is 18.2 Å². The lowest BCUT2D eigenvalue weighted by Gasteiger charge is -2.06. The van der Waals surface area contributed by atoms with Crippen molar-refractivity contribution in [3.8, 4) is 16.6 Å². The lowest BCUT2D eigenvalue weighted by molar-refractivity contribution is -0.115. The molecule has 1 aromatic carbocycles. The number of fused-ring (bicyclic) bond motifs is 1. The van der Waals surface area contributed by atoms with Crippen molar-refractivity contribution in [3.63, 3.8) is 0 Å². The van der Waals surface area contributed by atoms with E-state index in [4.69, 9.17) is 4.42 Å². The van der Waals surface area contributed by atoms with E-state index in [0.29, 0.717) is 23.0 Å². The van der Waals surface area contributed by atoms with Crippen LogP contribution in [-0.4, -0.2) is 25.4 Å². The smallest absolute Gasteiger partial charge is 0.236 e. The summed E-state index contributed by atoms with van der Waals surface area (Å²) in [5.41, 5.74) is 3.13. The Balaban J connectivity index is 1.29. The molecule has 0 atom stereocenters. The van der Waals surface area contributed by atoms with Crippen LogP contribution in [0.2, 0.25) is 0 Å². The number of amides is 1. The summed E-state index contributed by atoms with van der Waals surface area (Å²) < 4.78 is 7.61. The van der Waals surface area contributed by atoms with E-state index in [1.807, 2.05) is 65.4 Å². The summed E-state index contributed by atoms with van der Waals surface area (Å²) in [6.45, 7) is 1.82. The predicted molar refractivity (Wildman–Crippen MR) is 116 cm³/mol. The molecule has 0 bridgehead atoms. The maximum Gasteiger partial charge on any atom is 0.236 e. The van der Waals surface area contributed by atoms with Gasteiger partial charge in [-0.25, -0.2) is 15.0 Å². The number of thiophene rings is 1. The molecule has 0 aliphatic heterocycles. The first-order chi connectivity index (χ1) is 14.7. The highest BCUT2D eigenvalue weighted by Crippen LogP contribution is 2.26. The molecule has 0 fully saturated rings. The van der Waals surface area contributed by atoms with Gasteiger partial charge in [-0.05, 0) is 42.6 Å². The van der Waals surface area contributed by atoms with Crippen molar-refractivity contribution < 1.29 is 9.21 Å². The first kappa shape index (κ1) is 18.3. The van der Waals surface area contributed by atoms with Crippen molar-refractivity contribution >= 4 is 34.0 Å². The van der Waals surface area contributed by atoms with Crippen LogP contribution in [0.3, 0.4) is 0 Å². The lowest BCUT2D eigenvalue weighted by atomic mass is 10.2. The summed E-state index contributed by atoms with van der Waals surface area (Å²) in [6, 6.07) is 15.4. The van der Waals surface area contributed by atoms with E-state index in [0.717, 1.165) is 21.7 Å². The number of carbonyl (C=O) groups is 1. The quantitative estimate of drug-likeness (QED) is 0.452. The van der Waals surface area contributed by atoms with Crippen molar-refractivity contribution in [1.82, 2.24) is 19.5 Å². The molecule has 5 aromatic rings. The minimum atomic E-state index is -0.174. The first-order valence-corrected chi connectivity index (χ1v) is 10.2. The van der Waals surface area contributed by atoms with Gasteiger partial charge in [0.05, 0.1) is 39.9 Å². The van der Waals surface area contributed by atoms with Crippen LogP contribution in [0.5, 0.6) is 0 Å². The third-order valence-electron chi connectivity index (χ3n) is 4.68. The zero-order valence-corrected chi connectivity index (χ0v) is 16.9. The van der Waals surface area contributed by atoms with Gasteiger partial charge in [0.15, 0.2) is 0 Å². The number of hydrogen-bond donors (Lipinski definition) is 1. The Labute approximate surface area is 176 Å². The molecule has 7 nitrogen and oxygen atoms in total. The molecule has 0 radical (unpaired) electrons. The SMILES string of the molecule is Cc1oc(-c2cccs2)nc1CC(=O)Nc1ccc(-n2cnc3ccccc32)nc1. The van der Waals surface area contributed by atoms with Gasteiger partial charge in [0.2, 0.25) is 11.8 Å². The van der Waals surface area contributed by atoms with E-state index in [9.17, 15) is 4.79 Å². The van der Waals surface area contributed by atoms with Crippen LogP contribution in [0.25, 0.3) is 27.6 Å². The van der Waals surface area contributed by atoms with Gasteiger partial charge in [0, 0.05) is 0 Å². The van der Waals surface area contributed by atoms with Crippen molar-refractivity contribution in [2.24, 2.45) is 0 Å². The molecule has 4 heterocycles. The van der Waals surface area contributed by atoms with Crippen LogP contribution in [0.15, 0.2) is 70.9 Å². The minimum Gasteiger partial charge on any atom is -0.440 e. The third-order valence-corrected chi connectivity index (χ3v) is 5.54. The standard InChI is InChI=1S/C22H17N5O2S/c1-14-17(26-22(29-14)19-7-4-10-30-19)11-21(28)25-15-8-9-20(23-12-15)27-13-24-16-5-2-3-6-18(16)27/h2-10,12-13H,11H2,1H3,(H,25,28). The Morgan fingerprint density at radius 2 is 2.03 bits per heavy atom. The highest BCUT2D eigenvalue weighted by atomic mass is 32.1. The van der Waals surface area contributed by atoms with Crippen molar-refractivity contribution in [2.75, 3.05) is 5.32 Å². The molecule has 0 saturated carbocycles. The highest BCUT2D eigenvalue weighted by molar-refractivity contribution is 7.13. The second-order valence-electron chi connectivity index (χ2n) is 6.73. The molecule has 1 amide bonds. The monoisotopic (exact) mass is 415 g/mol. The molecule has 30 heavy (non-hydrogen) atoms. The number of para-hydroxylation sites is 2. The van der Waals surface area contributed by atoms with E-state index in [1.165, 1.54) is 0 Å². The number of benzene rings is 1. The van der Waals surface area contributed by atoms with Crippen LogP contribution in [0.1, 0.15) is 11.5 Å². The molecule has 8 heteroatoms. The molecule has 0 aliphatic carbocycles. The second-order valence-corrected chi connectivity index (χ2v) is 7.68. The number of aromatic nitrogens is 4. The fraction of sp³-hybridized carbons (Fsp3) is 0.0909.